The number of nitrogens with zero attached hydrogens (tertiary/aromatic N) is 5. The molecule has 4 fully saturated rings. The number of ketones is 1. The number of anilines is 1. The number of carbonyl (C=O) groups is 1. The van der Waals surface area contributed by atoms with Crippen molar-refractivity contribution in [2.24, 2.45) is 5.92 Å². The first-order valence-corrected chi connectivity index (χ1v) is 14.6. The lowest BCUT2D eigenvalue weighted by Crippen LogP contribution is -2.56. The van der Waals surface area contributed by atoms with E-state index in [9.17, 15) is 4.79 Å². The Hall–Kier alpha value is -1.53. The fraction of sp³-hybridized carbons (Fsp3) is 0.828. The van der Waals surface area contributed by atoms with Crippen molar-refractivity contribution in [3.8, 4) is 0 Å². The summed E-state index contributed by atoms with van der Waals surface area (Å²) in [5, 5.41) is 0. The van der Waals surface area contributed by atoms with Gasteiger partial charge in [-0.2, -0.15) is 0 Å². The number of piperidine rings is 1. The molecule has 5 rings (SSSR count). The van der Waals surface area contributed by atoms with E-state index in [1.165, 1.54) is 70.0 Å². The van der Waals surface area contributed by atoms with Gasteiger partial charge in [-0.05, 0) is 103 Å². The second-order valence-corrected chi connectivity index (χ2v) is 11.5. The molecule has 0 N–H and O–H groups in total. The number of carbonyl (C=O) groups excluding carboxylic acids is 1. The van der Waals surface area contributed by atoms with Gasteiger partial charge in [-0.3, -0.25) is 4.90 Å². The van der Waals surface area contributed by atoms with Crippen LogP contribution in [-0.2, 0) is 4.79 Å². The number of hydrogen-bond donors (Lipinski definition) is 0. The van der Waals surface area contributed by atoms with Crippen molar-refractivity contribution in [3.05, 3.63) is 18.0 Å². The maximum absolute atomic E-state index is 11.4. The molecule has 6 nitrogen and oxygen atoms in total. The molecular weight excluding hydrogens is 434 g/mol. The van der Waals surface area contributed by atoms with E-state index in [0.717, 1.165) is 31.5 Å². The largest absolute Gasteiger partial charge is 0.332 e. The number of hydrogen-bond acceptors (Lipinski definition) is 6. The zero-order valence-corrected chi connectivity index (χ0v) is 23.0. The standard InChI is InChI=1S/C27H43N5O.C2H6/c1-19(2)31-17-25-8-9-26(18-31)32(25)27-28-15-23(16-29-27)22-10-12-30(13-11-22)24-6-4-21(5-7-24)14-20(3)33;1-2/h15-16,19,21-22,24-26H,4-14,17-18H2,1-3H3;1-2H3. The Labute approximate surface area is 213 Å². The molecular formula is C29H49N5O. The van der Waals surface area contributed by atoms with Crippen molar-refractivity contribution in [1.29, 1.82) is 0 Å². The van der Waals surface area contributed by atoms with Gasteiger partial charge in [-0.25, -0.2) is 9.97 Å². The van der Waals surface area contributed by atoms with Crippen molar-refractivity contribution in [2.75, 3.05) is 31.1 Å². The predicted octanol–water partition coefficient (Wildman–Crippen LogP) is 5.28. The van der Waals surface area contributed by atoms with Gasteiger partial charge >= 0.3 is 0 Å². The highest BCUT2D eigenvalue weighted by atomic mass is 16.1. The van der Waals surface area contributed by atoms with Crippen molar-refractivity contribution in [2.45, 2.75) is 122 Å². The van der Waals surface area contributed by atoms with Crippen LogP contribution in [0.15, 0.2) is 12.4 Å². The summed E-state index contributed by atoms with van der Waals surface area (Å²) in [6.07, 6.45) is 15.0. The summed E-state index contributed by atoms with van der Waals surface area (Å²) in [5.74, 6) is 2.54. The molecule has 1 saturated carbocycles. The van der Waals surface area contributed by atoms with E-state index in [4.69, 9.17) is 9.97 Å². The highest BCUT2D eigenvalue weighted by Crippen LogP contribution is 2.36. The van der Waals surface area contributed by atoms with Crippen molar-refractivity contribution >= 4 is 11.7 Å². The van der Waals surface area contributed by atoms with Gasteiger partial charge in [0.2, 0.25) is 5.95 Å². The normalized spacial score (nSPS) is 30.3. The molecule has 196 valence electrons. The summed E-state index contributed by atoms with van der Waals surface area (Å²) in [4.78, 5) is 29.1. The van der Waals surface area contributed by atoms with E-state index >= 15 is 0 Å². The Balaban J connectivity index is 0.00000141. The summed E-state index contributed by atoms with van der Waals surface area (Å²) < 4.78 is 0. The summed E-state index contributed by atoms with van der Waals surface area (Å²) >= 11 is 0. The predicted molar refractivity (Wildman–Crippen MR) is 144 cm³/mol. The minimum Gasteiger partial charge on any atom is -0.332 e. The van der Waals surface area contributed by atoms with Crippen LogP contribution in [0.4, 0.5) is 5.95 Å². The van der Waals surface area contributed by atoms with Gasteiger partial charge in [0.1, 0.15) is 5.78 Å². The van der Waals surface area contributed by atoms with E-state index in [0.29, 0.717) is 35.7 Å². The molecule has 2 unspecified atom stereocenters. The summed E-state index contributed by atoms with van der Waals surface area (Å²) in [6.45, 7) is 15.0. The highest BCUT2D eigenvalue weighted by molar-refractivity contribution is 5.75. The third-order valence-corrected chi connectivity index (χ3v) is 9.04. The zero-order valence-electron chi connectivity index (χ0n) is 23.0. The molecule has 4 aliphatic rings. The fourth-order valence-corrected chi connectivity index (χ4v) is 7.08. The average molecular weight is 484 g/mol. The maximum atomic E-state index is 11.4. The second kappa shape index (κ2) is 12.1. The summed E-state index contributed by atoms with van der Waals surface area (Å²) in [7, 11) is 0. The van der Waals surface area contributed by atoms with Crippen LogP contribution in [0, 0.1) is 5.92 Å². The van der Waals surface area contributed by atoms with E-state index in [1.54, 1.807) is 6.92 Å². The minimum atomic E-state index is 0.359. The number of fused-ring (bicyclic) bond motifs is 2. The molecule has 3 saturated heterocycles. The van der Waals surface area contributed by atoms with Crippen LogP contribution in [-0.4, -0.2) is 75.9 Å². The Morgan fingerprint density at radius 3 is 1.94 bits per heavy atom. The SMILES string of the molecule is CC.CC(=O)CC1CCC(N2CCC(c3cnc(N4C5CCC4CN(C(C)C)C5)nc3)CC2)CC1. The molecule has 0 aromatic carbocycles. The lowest BCUT2D eigenvalue weighted by atomic mass is 9.81. The smallest absolute Gasteiger partial charge is 0.225 e. The summed E-state index contributed by atoms with van der Waals surface area (Å²) in [6, 6.07) is 2.50. The summed E-state index contributed by atoms with van der Waals surface area (Å²) in [5.41, 5.74) is 1.33. The Bertz CT molecular complexity index is 782. The molecule has 4 heterocycles. The zero-order chi connectivity index (χ0) is 24.9. The number of aromatic nitrogens is 2. The topological polar surface area (TPSA) is 52.6 Å². The monoisotopic (exact) mass is 483 g/mol. The minimum absolute atomic E-state index is 0.359. The van der Waals surface area contributed by atoms with Gasteiger partial charge < -0.3 is 14.6 Å². The highest BCUT2D eigenvalue weighted by Gasteiger charge is 2.41. The molecule has 1 aromatic heterocycles. The maximum Gasteiger partial charge on any atom is 0.225 e. The van der Waals surface area contributed by atoms with Crippen molar-refractivity contribution < 1.29 is 4.79 Å². The first-order valence-electron chi connectivity index (χ1n) is 14.6. The first kappa shape index (κ1) is 26.5. The fourth-order valence-electron chi connectivity index (χ4n) is 7.08. The van der Waals surface area contributed by atoms with Crippen LogP contribution < -0.4 is 4.90 Å². The van der Waals surface area contributed by atoms with Crippen molar-refractivity contribution in [1.82, 2.24) is 19.8 Å². The third-order valence-electron chi connectivity index (χ3n) is 9.04. The van der Waals surface area contributed by atoms with Crippen molar-refractivity contribution in [3.63, 3.8) is 0 Å². The van der Waals surface area contributed by atoms with Gasteiger partial charge in [0.15, 0.2) is 0 Å². The molecule has 0 radical (unpaired) electrons. The lowest BCUT2D eigenvalue weighted by molar-refractivity contribution is -0.118. The number of rotatable bonds is 6. The van der Waals surface area contributed by atoms with Crippen LogP contribution in [0.1, 0.15) is 104 Å². The van der Waals surface area contributed by atoms with E-state index < -0.39 is 0 Å². The first-order chi connectivity index (χ1) is 17.0. The van der Waals surface area contributed by atoms with Gasteiger partial charge in [0.25, 0.3) is 0 Å². The number of likely N-dealkylation sites (tertiary alicyclic amines) is 2. The lowest BCUT2D eigenvalue weighted by Gasteiger charge is -2.43. The molecule has 1 aliphatic carbocycles. The van der Waals surface area contributed by atoms with E-state index in [-0.39, 0.29) is 0 Å². The van der Waals surface area contributed by atoms with Crippen LogP contribution in [0.25, 0.3) is 0 Å². The van der Waals surface area contributed by atoms with Crippen LogP contribution in [0.3, 0.4) is 0 Å². The second-order valence-electron chi connectivity index (χ2n) is 11.5. The quantitative estimate of drug-likeness (QED) is 0.549. The van der Waals surface area contributed by atoms with Crippen LogP contribution >= 0.6 is 0 Å². The molecule has 6 heteroatoms. The van der Waals surface area contributed by atoms with Gasteiger partial charge in [-0.15, -0.1) is 0 Å². The molecule has 2 bridgehead atoms. The molecule has 35 heavy (non-hydrogen) atoms. The van der Waals surface area contributed by atoms with E-state index in [2.05, 4.69) is 40.9 Å². The molecule has 0 spiro atoms. The van der Waals surface area contributed by atoms with Gasteiger partial charge in [0, 0.05) is 56.1 Å². The Morgan fingerprint density at radius 2 is 1.43 bits per heavy atom. The Kier molecular flexibility index (Phi) is 9.20. The number of Topliss-reactive ketones (excluding diaryl/α,β-unsaturated/α-hetero) is 1. The Morgan fingerprint density at radius 1 is 0.886 bits per heavy atom. The van der Waals surface area contributed by atoms with Crippen LogP contribution in [0.2, 0.25) is 0 Å². The molecule has 0 amide bonds. The average Bonchev–Trinajstić information content (AvgIpc) is 3.14. The molecule has 3 aliphatic heterocycles. The van der Waals surface area contributed by atoms with Crippen LogP contribution in [0.5, 0.6) is 0 Å². The third kappa shape index (κ3) is 6.25. The molecule has 1 aromatic rings. The van der Waals surface area contributed by atoms with Gasteiger partial charge in [0.05, 0.1) is 0 Å². The van der Waals surface area contributed by atoms with E-state index in [1.807, 2.05) is 13.8 Å². The molecule has 2 atom stereocenters. The van der Waals surface area contributed by atoms with Gasteiger partial charge in [-0.1, -0.05) is 13.8 Å². The number of piperazine rings is 1.